The summed E-state index contributed by atoms with van der Waals surface area (Å²) in [6, 6.07) is 1.81. The van der Waals surface area contributed by atoms with Crippen molar-refractivity contribution < 1.29 is 10.2 Å². The number of unbranched alkanes of at least 4 members (excludes halogenated alkanes) is 1. The quantitative estimate of drug-likeness (QED) is 0.796. The highest BCUT2D eigenvalue weighted by molar-refractivity contribution is 5.78. The fraction of sp³-hybridized carbons (Fsp3) is 0.600. The summed E-state index contributed by atoms with van der Waals surface area (Å²) in [7, 11) is 0. The summed E-state index contributed by atoms with van der Waals surface area (Å²) in [6.45, 7) is 2.12. The maximum Gasteiger partial charge on any atom is 0.192 e. The maximum atomic E-state index is 9.63. The molecule has 0 spiro atoms. The molecule has 0 saturated heterocycles. The lowest BCUT2D eigenvalue weighted by Crippen LogP contribution is -2.18. The summed E-state index contributed by atoms with van der Waals surface area (Å²) in [4.78, 5) is 3.94. The van der Waals surface area contributed by atoms with Gasteiger partial charge in [0.1, 0.15) is 0 Å². The molecule has 2 rings (SSSR count). The van der Waals surface area contributed by atoms with Gasteiger partial charge >= 0.3 is 0 Å². The normalized spacial score (nSPS) is 19.9. The monoisotopic (exact) mass is 209 g/mol. The number of rotatable bonds is 3. The van der Waals surface area contributed by atoms with Crippen molar-refractivity contribution >= 4 is 11.7 Å². The van der Waals surface area contributed by atoms with Crippen molar-refractivity contribution in [1.29, 1.82) is 0 Å². The summed E-state index contributed by atoms with van der Waals surface area (Å²) in [5, 5.41) is 23.1. The van der Waals surface area contributed by atoms with E-state index in [1.807, 2.05) is 6.07 Å². The van der Waals surface area contributed by atoms with E-state index < -0.39 is 6.23 Å². The number of hydrogen-bond donors (Lipinski definition) is 2. The van der Waals surface area contributed by atoms with Crippen LogP contribution in [-0.2, 0) is 6.42 Å². The first-order chi connectivity index (χ1) is 7.20. The van der Waals surface area contributed by atoms with Gasteiger partial charge in [0.2, 0.25) is 0 Å². The van der Waals surface area contributed by atoms with Gasteiger partial charge in [-0.15, -0.1) is 0 Å². The molecule has 1 unspecified atom stereocenters. The Hall–Kier alpha value is -1.36. The van der Waals surface area contributed by atoms with E-state index in [0.29, 0.717) is 5.82 Å². The smallest absolute Gasteiger partial charge is 0.192 e. The number of nitrogens with zero attached hydrogens (tertiary/aromatic N) is 3. The van der Waals surface area contributed by atoms with Crippen molar-refractivity contribution in [3.05, 3.63) is 11.8 Å². The van der Waals surface area contributed by atoms with Crippen LogP contribution in [0.15, 0.2) is 11.1 Å². The van der Waals surface area contributed by atoms with E-state index in [4.69, 9.17) is 0 Å². The molecule has 82 valence electrons. The maximum absolute atomic E-state index is 9.63. The van der Waals surface area contributed by atoms with Gasteiger partial charge in [-0.2, -0.15) is 10.1 Å². The molecule has 5 heteroatoms. The second-order valence-electron chi connectivity index (χ2n) is 3.75. The van der Waals surface area contributed by atoms with Crippen LogP contribution in [0.1, 0.15) is 38.1 Å². The highest BCUT2D eigenvalue weighted by atomic mass is 16.3. The van der Waals surface area contributed by atoms with Crippen LogP contribution in [-0.4, -0.2) is 25.9 Å². The summed E-state index contributed by atoms with van der Waals surface area (Å²) < 4.78 is 1.46. The standard InChI is InChI=1S/C10H15N3O2/c1-2-3-4-7-5-8-11-9(14)6-10(15)13(8)12-7/h5,10,15H,2-4,6H2,1H3,(H,11,14). The minimum absolute atomic E-state index is 0.0306. The summed E-state index contributed by atoms with van der Waals surface area (Å²) in [5.41, 5.74) is 0.921. The molecular formula is C10H15N3O2. The van der Waals surface area contributed by atoms with Crippen molar-refractivity contribution in [2.75, 3.05) is 0 Å². The molecule has 0 aliphatic carbocycles. The Kier molecular flexibility index (Phi) is 2.73. The summed E-state index contributed by atoms with van der Waals surface area (Å²) in [5.74, 6) is 0.509. The van der Waals surface area contributed by atoms with Gasteiger partial charge in [0.05, 0.1) is 12.1 Å². The first kappa shape index (κ1) is 10.2. The number of aliphatic hydroxyl groups excluding tert-OH is 2. The number of hydrogen-bond acceptors (Lipinski definition) is 3. The van der Waals surface area contributed by atoms with Crippen LogP contribution in [0, 0.1) is 0 Å². The van der Waals surface area contributed by atoms with Gasteiger partial charge in [-0.05, 0) is 12.8 Å². The van der Waals surface area contributed by atoms with Gasteiger partial charge in [-0.3, -0.25) is 0 Å². The average Bonchev–Trinajstić information content (AvgIpc) is 2.57. The molecular weight excluding hydrogens is 194 g/mol. The first-order valence-electron chi connectivity index (χ1n) is 5.23. The zero-order valence-corrected chi connectivity index (χ0v) is 8.72. The highest BCUT2D eigenvalue weighted by Gasteiger charge is 2.21. The van der Waals surface area contributed by atoms with Gasteiger partial charge in [0.15, 0.2) is 17.9 Å². The van der Waals surface area contributed by atoms with E-state index in [9.17, 15) is 10.2 Å². The van der Waals surface area contributed by atoms with Crippen molar-refractivity contribution in [3.8, 4) is 0 Å². The minimum Gasteiger partial charge on any atom is -0.496 e. The Morgan fingerprint density at radius 3 is 3.13 bits per heavy atom. The largest absolute Gasteiger partial charge is 0.496 e. The molecule has 0 bridgehead atoms. The van der Waals surface area contributed by atoms with E-state index in [1.54, 1.807) is 0 Å². The Bertz CT molecular complexity index is 384. The summed E-state index contributed by atoms with van der Waals surface area (Å²) >= 11 is 0. The molecule has 1 aliphatic heterocycles. The molecule has 0 aromatic carbocycles. The molecule has 2 N–H and O–H groups in total. The molecule has 5 nitrogen and oxygen atoms in total. The minimum atomic E-state index is -0.784. The lowest BCUT2D eigenvalue weighted by Gasteiger charge is -2.15. The molecule has 15 heavy (non-hydrogen) atoms. The van der Waals surface area contributed by atoms with Gasteiger partial charge in [-0.25, -0.2) is 4.68 Å². The Labute approximate surface area is 88.1 Å². The van der Waals surface area contributed by atoms with Crippen LogP contribution in [0.3, 0.4) is 0 Å². The van der Waals surface area contributed by atoms with Crippen molar-refractivity contribution in [2.45, 2.75) is 38.8 Å². The Morgan fingerprint density at radius 1 is 1.60 bits per heavy atom. The number of aromatic nitrogens is 2. The fourth-order valence-electron chi connectivity index (χ4n) is 1.64. The molecule has 2 heterocycles. The van der Waals surface area contributed by atoms with Crippen LogP contribution in [0.5, 0.6) is 0 Å². The highest BCUT2D eigenvalue weighted by Crippen LogP contribution is 2.25. The second-order valence-corrected chi connectivity index (χ2v) is 3.75. The third kappa shape index (κ3) is 2.02. The zero-order chi connectivity index (χ0) is 10.8. The van der Waals surface area contributed by atoms with Crippen LogP contribution >= 0.6 is 0 Å². The van der Waals surface area contributed by atoms with Gasteiger partial charge < -0.3 is 10.2 Å². The second kappa shape index (κ2) is 4.02. The van der Waals surface area contributed by atoms with E-state index in [1.165, 1.54) is 4.68 Å². The van der Waals surface area contributed by atoms with Crippen molar-refractivity contribution in [1.82, 2.24) is 9.78 Å². The number of aryl methyl sites for hydroxylation is 1. The fourth-order valence-corrected chi connectivity index (χ4v) is 1.64. The Morgan fingerprint density at radius 2 is 2.40 bits per heavy atom. The van der Waals surface area contributed by atoms with E-state index in [2.05, 4.69) is 17.0 Å². The molecule has 0 radical (unpaired) electrons. The number of fused-ring (bicyclic) bond motifs is 1. The number of aliphatic imine (C=N–C) groups is 1. The zero-order valence-electron chi connectivity index (χ0n) is 8.72. The third-order valence-electron chi connectivity index (χ3n) is 2.44. The van der Waals surface area contributed by atoms with Crippen molar-refractivity contribution in [3.63, 3.8) is 0 Å². The van der Waals surface area contributed by atoms with Crippen molar-refractivity contribution in [2.24, 2.45) is 4.99 Å². The van der Waals surface area contributed by atoms with Crippen LogP contribution in [0.4, 0.5) is 5.82 Å². The van der Waals surface area contributed by atoms with E-state index in [0.717, 1.165) is 25.0 Å². The third-order valence-corrected chi connectivity index (χ3v) is 2.44. The van der Waals surface area contributed by atoms with Gasteiger partial charge in [0.25, 0.3) is 0 Å². The Balaban J connectivity index is 2.23. The first-order valence-corrected chi connectivity index (χ1v) is 5.23. The molecule has 0 saturated carbocycles. The molecule has 1 aromatic heterocycles. The summed E-state index contributed by atoms with van der Waals surface area (Å²) in [6.07, 6.45) is 2.43. The average molecular weight is 209 g/mol. The number of aliphatic hydroxyl groups is 2. The lowest BCUT2D eigenvalue weighted by atomic mass is 10.2. The van der Waals surface area contributed by atoms with Gasteiger partial charge in [0, 0.05) is 6.07 Å². The van der Waals surface area contributed by atoms with E-state index in [-0.39, 0.29) is 12.3 Å². The van der Waals surface area contributed by atoms with Crippen LogP contribution in [0.25, 0.3) is 0 Å². The SMILES string of the molecule is CCCCc1cc2n(n1)C(O)CC(O)=N2. The van der Waals surface area contributed by atoms with Crippen LogP contribution in [0.2, 0.25) is 0 Å². The predicted molar refractivity (Wildman–Crippen MR) is 56.4 cm³/mol. The lowest BCUT2D eigenvalue weighted by molar-refractivity contribution is 0.0920. The van der Waals surface area contributed by atoms with Gasteiger partial charge in [-0.1, -0.05) is 13.3 Å². The van der Waals surface area contributed by atoms with Crippen LogP contribution < -0.4 is 0 Å². The topological polar surface area (TPSA) is 70.6 Å². The molecule has 1 atom stereocenters. The molecule has 1 aromatic rings. The molecule has 1 aliphatic rings. The predicted octanol–water partition coefficient (Wildman–Crippen LogP) is 1.71. The molecule has 0 fully saturated rings. The molecule has 0 amide bonds. The van der Waals surface area contributed by atoms with E-state index >= 15 is 0 Å².